The second-order valence-electron chi connectivity index (χ2n) is 3.32. The SMILES string of the molecule is COC(=O)c1ccc(=O)n(-c2cncc(Br)c2)n1. The van der Waals surface area contributed by atoms with Crippen LogP contribution in [0.25, 0.3) is 5.69 Å². The van der Waals surface area contributed by atoms with Crippen LogP contribution in [0.3, 0.4) is 0 Å². The van der Waals surface area contributed by atoms with Gasteiger partial charge in [0.25, 0.3) is 5.56 Å². The van der Waals surface area contributed by atoms with E-state index < -0.39 is 5.97 Å². The molecule has 2 rings (SSSR count). The Bertz CT molecular complexity index is 654. The van der Waals surface area contributed by atoms with Gasteiger partial charge in [-0.05, 0) is 28.1 Å². The average Bonchev–Trinajstić information content (AvgIpc) is 2.38. The lowest BCUT2D eigenvalue weighted by molar-refractivity contribution is 0.0591. The fraction of sp³-hybridized carbons (Fsp3) is 0.0909. The van der Waals surface area contributed by atoms with E-state index in [0.717, 1.165) is 4.68 Å². The quantitative estimate of drug-likeness (QED) is 0.779. The second kappa shape index (κ2) is 5.09. The van der Waals surface area contributed by atoms with Gasteiger partial charge in [0.1, 0.15) is 0 Å². The first-order chi connectivity index (χ1) is 8.61. The van der Waals surface area contributed by atoms with Crippen molar-refractivity contribution in [2.45, 2.75) is 0 Å². The van der Waals surface area contributed by atoms with E-state index in [1.165, 1.54) is 25.4 Å². The van der Waals surface area contributed by atoms with Gasteiger partial charge in [-0.2, -0.15) is 9.78 Å². The summed E-state index contributed by atoms with van der Waals surface area (Å²) in [6.45, 7) is 0. The van der Waals surface area contributed by atoms with E-state index in [2.05, 4.69) is 30.7 Å². The molecule has 0 aliphatic rings. The molecular formula is C11H8BrN3O3. The zero-order valence-corrected chi connectivity index (χ0v) is 10.9. The molecule has 6 nitrogen and oxygen atoms in total. The van der Waals surface area contributed by atoms with Crippen LogP contribution in [0, 0.1) is 0 Å². The van der Waals surface area contributed by atoms with Crippen molar-refractivity contribution in [3.63, 3.8) is 0 Å². The maximum absolute atomic E-state index is 11.7. The monoisotopic (exact) mass is 309 g/mol. The molecule has 0 N–H and O–H groups in total. The van der Waals surface area contributed by atoms with Crippen LogP contribution in [0.15, 0.2) is 39.9 Å². The normalized spacial score (nSPS) is 10.1. The Kier molecular flexibility index (Phi) is 3.52. The van der Waals surface area contributed by atoms with E-state index in [1.807, 2.05) is 0 Å². The Morgan fingerprint density at radius 2 is 2.17 bits per heavy atom. The maximum atomic E-state index is 11.7. The highest BCUT2D eigenvalue weighted by Crippen LogP contribution is 2.11. The molecule has 18 heavy (non-hydrogen) atoms. The van der Waals surface area contributed by atoms with Crippen molar-refractivity contribution >= 4 is 21.9 Å². The summed E-state index contributed by atoms with van der Waals surface area (Å²) in [6, 6.07) is 4.23. The molecule has 92 valence electrons. The number of ether oxygens (including phenoxy) is 1. The van der Waals surface area contributed by atoms with Crippen LogP contribution in [0.4, 0.5) is 0 Å². The summed E-state index contributed by atoms with van der Waals surface area (Å²) in [5, 5.41) is 3.92. The van der Waals surface area contributed by atoms with Gasteiger partial charge in [0.15, 0.2) is 5.69 Å². The Morgan fingerprint density at radius 1 is 1.39 bits per heavy atom. The van der Waals surface area contributed by atoms with Crippen LogP contribution < -0.4 is 5.56 Å². The van der Waals surface area contributed by atoms with E-state index >= 15 is 0 Å². The zero-order valence-electron chi connectivity index (χ0n) is 9.33. The van der Waals surface area contributed by atoms with Crippen molar-refractivity contribution < 1.29 is 9.53 Å². The standard InChI is InChI=1S/C11H8BrN3O3/c1-18-11(17)9-2-3-10(16)15(14-9)8-4-7(12)5-13-6-8/h2-6H,1H3. The summed E-state index contributed by atoms with van der Waals surface area (Å²) in [6.07, 6.45) is 3.05. The summed E-state index contributed by atoms with van der Waals surface area (Å²) < 4.78 is 6.34. The number of esters is 1. The minimum absolute atomic E-state index is 0.0528. The predicted octanol–water partition coefficient (Wildman–Crippen LogP) is 1.18. The van der Waals surface area contributed by atoms with Gasteiger partial charge in [-0.15, -0.1) is 0 Å². The highest BCUT2D eigenvalue weighted by atomic mass is 79.9. The molecule has 0 saturated carbocycles. The van der Waals surface area contributed by atoms with E-state index in [0.29, 0.717) is 10.2 Å². The van der Waals surface area contributed by atoms with Gasteiger partial charge >= 0.3 is 5.97 Å². The first kappa shape index (κ1) is 12.4. The number of aromatic nitrogens is 3. The summed E-state index contributed by atoms with van der Waals surface area (Å²) in [5.41, 5.74) is 0.153. The molecule has 0 aliphatic carbocycles. The molecule has 0 spiro atoms. The Hall–Kier alpha value is -2.02. The number of methoxy groups -OCH3 is 1. The lowest BCUT2D eigenvalue weighted by Gasteiger charge is -2.05. The molecule has 2 aromatic rings. The molecular weight excluding hydrogens is 302 g/mol. The summed E-state index contributed by atoms with van der Waals surface area (Å²) in [5.74, 6) is -0.605. The number of nitrogens with zero attached hydrogens (tertiary/aromatic N) is 3. The van der Waals surface area contributed by atoms with Crippen molar-refractivity contribution in [3.8, 4) is 5.69 Å². The van der Waals surface area contributed by atoms with Crippen LogP contribution in [-0.2, 0) is 4.74 Å². The number of pyridine rings is 1. The number of rotatable bonds is 2. The molecule has 0 aliphatic heterocycles. The van der Waals surface area contributed by atoms with Gasteiger partial charge in [-0.25, -0.2) is 4.79 Å². The van der Waals surface area contributed by atoms with E-state index in [-0.39, 0.29) is 11.3 Å². The number of carbonyl (C=O) groups excluding carboxylic acids is 1. The van der Waals surface area contributed by atoms with Crippen molar-refractivity contribution in [3.05, 3.63) is 51.1 Å². The van der Waals surface area contributed by atoms with Gasteiger partial charge in [-0.1, -0.05) is 0 Å². The van der Waals surface area contributed by atoms with Gasteiger partial charge < -0.3 is 4.74 Å². The minimum atomic E-state index is -0.605. The number of carbonyl (C=O) groups is 1. The Balaban J connectivity index is 2.57. The van der Waals surface area contributed by atoms with Crippen LogP contribution in [0.5, 0.6) is 0 Å². The van der Waals surface area contributed by atoms with E-state index in [1.54, 1.807) is 12.3 Å². The fourth-order valence-corrected chi connectivity index (χ4v) is 1.68. The second-order valence-corrected chi connectivity index (χ2v) is 4.24. The molecule has 2 heterocycles. The first-order valence-corrected chi connectivity index (χ1v) is 5.71. The largest absolute Gasteiger partial charge is 0.464 e. The third-order valence-electron chi connectivity index (χ3n) is 2.13. The van der Waals surface area contributed by atoms with Gasteiger partial charge in [0.05, 0.1) is 19.0 Å². The molecule has 0 atom stereocenters. The van der Waals surface area contributed by atoms with Gasteiger partial charge in [0.2, 0.25) is 0 Å². The number of hydrogen-bond donors (Lipinski definition) is 0. The lowest BCUT2D eigenvalue weighted by Crippen LogP contribution is -2.23. The van der Waals surface area contributed by atoms with Crippen LogP contribution in [-0.4, -0.2) is 27.8 Å². The molecule has 2 aromatic heterocycles. The average molecular weight is 310 g/mol. The number of hydrogen-bond acceptors (Lipinski definition) is 5. The van der Waals surface area contributed by atoms with E-state index in [9.17, 15) is 9.59 Å². The topological polar surface area (TPSA) is 74.1 Å². The highest BCUT2D eigenvalue weighted by Gasteiger charge is 2.10. The summed E-state index contributed by atoms with van der Waals surface area (Å²) in [7, 11) is 1.25. The predicted molar refractivity (Wildman–Crippen MR) is 66.7 cm³/mol. The third-order valence-corrected chi connectivity index (χ3v) is 2.56. The van der Waals surface area contributed by atoms with Crippen LogP contribution in [0.2, 0.25) is 0 Å². The Morgan fingerprint density at radius 3 is 2.83 bits per heavy atom. The minimum Gasteiger partial charge on any atom is -0.464 e. The Labute approximate surface area is 110 Å². The van der Waals surface area contributed by atoms with Crippen LogP contribution in [0.1, 0.15) is 10.5 Å². The number of halogens is 1. The molecule has 7 heteroatoms. The van der Waals surface area contributed by atoms with Crippen molar-refractivity contribution in [1.29, 1.82) is 0 Å². The fourth-order valence-electron chi connectivity index (χ4n) is 1.33. The van der Waals surface area contributed by atoms with Gasteiger partial charge in [-0.3, -0.25) is 9.78 Å². The maximum Gasteiger partial charge on any atom is 0.358 e. The molecule has 0 unspecified atom stereocenters. The lowest BCUT2D eigenvalue weighted by atomic mass is 10.4. The molecule has 0 bridgehead atoms. The summed E-state index contributed by atoms with van der Waals surface area (Å²) in [4.78, 5) is 27.0. The summed E-state index contributed by atoms with van der Waals surface area (Å²) >= 11 is 3.25. The molecule has 0 fully saturated rings. The smallest absolute Gasteiger partial charge is 0.358 e. The molecule has 0 saturated heterocycles. The molecule has 0 aromatic carbocycles. The first-order valence-electron chi connectivity index (χ1n) is 4.91. The van der Waals surface area contributed by atoms with Crippen molar-refractivity contribution in [2.75, 3.05) is 7.11 Å². The third kappa shape index (κ3) is 2.45. The molecule has 0 amide bonds. The zero-order chi connectivity index (χ0) is 13.1. The van der Waals surface area contributed by atoms with Crippen LogP contribution >= 0.6 is 15.9 Å². The molecule has 0 radical (unpaired) electrons. The van der Waals surface area contributed by atoms with Gasteiger partial charge in [0, 0.05) is 16.7 Å². The van der Waals surface area contributed by atoms with Crippen molar-refractivity contribution in [2.24, 2.45) is 0 Å². The van der Waals surface area contributed by atoms with Crippen molar-refractivity contribution in [1.82, 2.24) is 14.8 Å². The highest BCUT2D eigenvalue weighted by molar-refractivity contribution is 9.10. The van der Waals surface area contributed by atoms with E-state index in [4.69, 9.17) is 0 Å².